The van der Waals surface area contributed by atoms with Gasteiger partial charge in [0, 0.05) is 0 Å². The van der Waals surface area contributed by atoms with E-state index in [0.29, 0.717) is 16.5 Å². The summed E-state index contributed by atoms with van der Waals surface area (Å²) in [6.45, 7) is 3.48. The smallest absolute Gasteiger partial charge is 0.332 e. The topological polar surface area (TPSA) is 94.3 Å². The van der Waals surface area contributed by atoms with Crippen LogP contribution >= 0.6 is 11.6 Å². The number of pyridine rings is 1. The molecule has 1 amide bonds. The van der Waals surface area contributed by atoms with Crippen molar-refractivity contribution in [3.8, 4) is 0 Å². The molecule has 0 saturated carbocycles. The number of hydrogen-bond donors (Lipinski definition) is 2. The summed E-state index contributed by atoms with van der Waals surface area (Å²) in [5.74, 6) is -1.42. The fraction of sp³-hybridized carbons (Fsp3) is 0.364. The molecule has 0 bridgehead atoms. The predicted molar refractivity (Wildman–Crippen MR) is 67.2 cm³/mol. The number of nitrogens with one attached hydrogen (secondary N) is 1. The lowest BCUT2D eigenvalue weighted by molar-refractivity contribution is -0.146. The van der Waals surface area contributed by atoms with Crippen molar-refractivity contribution in [3.05, 3.63) is 23.0 Å². The quantitative estimate of drug-likeness (QED) is 0.481. The normalized spacial score (nSPS) is 11.8. The number of aromatic nitrogens is 1. The van der Waals surface area contributed by atoms with E-state index in [1.807, 2.05) is 0 Å². The Balaban J connectivity index is 2.72. The highest BCUT2D eigenvalue weighted by Gasteiger charge is 2.23. The number of aryl methyl sites for hydroxylation is 1. The van der Waals surface area contributed by atoms with Crippen molar-refractivity contribution in [1.82, 2.24) is 4.98 Å². The third-order valence-corrected chi connectivity index (χ3v) is 2.34. The largest absolute Gasteiger partial charge is 0.464 e. The molecule has 0 radical (unpaired) electrons. The summed E-state index contributed by atoms with van der Waals surface area (Å²) in [5.41, 5.74) is 6.42. The maximum atomic E-state index is 11.7. The van der Waals surface area contributed by atoms with Crippen molar-refractivity contribution in [2.24, 2.45) is 5.73 Å². The standard InChI is InChI=1S/C11H14ClN3O3/c1-3-18-11(17)9(13)10(16)15-7-4-5-8(12)14-6(7)2/h4-5,9H,3,13H2,1-2H3,(H,15,16). The number of amides is 1. The highest BCUT2D eigenvalue weighted by Crippen LogP contribution is 2.15. The summed E-state index contributed by atoms with van der Waals surface area (Å²) in [6, 6.07) is 1.75. The van der Waals surface area contributed by atoms with Gasteiger partial charge in [0.2, 0.25) is 0 Å². The molecule has 0 fully saturated rings. The van der Waals surface area contributed by atoms with Gasteiger partial charge in [-0.3, -0.25) is 4.79 Å². The molecular weight excluding hydrogens is 258 g/mol. The summed E-state index contributed by atoms with van der Waals surface area (Å²) in [7, 11) is 0. The molecule has 0 aliphatic carbocycles. The van der Waals surface area contributed by atoms with Gasteiger partial charge in [0.25, 0.3) is 5.91 Å². The van der Waals surface area contributed by atoms with Gasteiger partial charge in [0.05, 0.1) is 18.0 Å². The number of nitrogens with zero attached hydrogens (tertiary/aromatic N) is 1. The lowest BCUT2D eigenvalue weighted by Gasteiger charge is -2.12. The van der Waals surface area contributed by atoms with Crippen molar-refractivity contribution in [3.63, 3.8) is 0 Å². The number of rotatable bonds is 4. The summed E-state index contributed by atoms with van der Waals surface area (Å²) < 4.78 is 4.65. The molecule has 0 saturated heterocycles. The van der Waals surface area contributed by atoms with Crippen LogP contribution in [0.15, 0.2) is 12.1 Å². The molecule has 98 valence electrons. The van der Waals surface area contributed by atoms with Gasteiger partial charge >= 0.3 is 5.97 Å². The second-order valence-electron chi connectivity index (χ2n) is 3.49. The number of nitrogens with two attached hydrogens (primary N) is 1. The predicted octanol–water partition coefficient (Wildman–Crippen LogP) is 0.872. The lowest BCUT2D eigenvalue weighted by Crippen LogP contribution is -2.43. The molecule has 1 atom stereocenters. The molecule has 0 aliphatic heterocycles. The minimum absolute atomic E-state index is 0.168. The third-order valence-electron chi connectivity index (χ3n) is 2.13. The van der Waals surface area contributed by atoms with E-state index >= 15 is 0 Å². The Labute approximate surface area is 109 Å². The molecule has 1 heterocycles. The fourth-order valence-electron chi connectivity index (χ4n) is 1.21. The lowest BCUT2D eigenvalue weighted by atomic mass is 10.2. The van der Waals surface area contributed by atoms with Gasteiger partial charge in [-0.05, 0) is 26.0 Å². The number of halogens is 1. The number of hydrogen-bond acceptors (Lipinski definition) is 5. The van der Waals surface area contributed by atoms with Crippen molar-refractivity contribution < 1.29 is 14.3 Å². The van der Waals surface area contributed by atoms with Gasteiger partial charge in [-0.15, -0.1) is 0 Å². The maximum absolute atomic E-state index is 11.7. The van der Waals surface area contributed by atoms with E-state index in [0.717, 1.165) is 0 Å². The number of esters is 1. The fourth-order valence-corrected chi connectivity index (χ4v) is 1.40. The SMILES string of the molecule is CCOC(=O)C(N)C(=O)Nc1ccc(Cl)nc1C. The van der Waals surface area contributed by atoms with Gasteiger partial charge in [-0.2, -0.15) is 0 Å². The van der Waals surface area contributed by atoms with Gasteiger partial charge in [0.1, 0.15) is 5.15 Å². The zero-order chi connectivity index (χ0) is 13.7. The first-order valence-electron chi connectivity index (χ1n) is 5.32. The summed E-state index contributed by atoms with van der Waals surface area (Å²) >= 11 is 5.69. The Kier molecular flexibility index (Phi) is 5.06. The van der Waals surface area contributed by atoms with E-state index in [1.54, 1.807) is 19.9 Å². The first-order chi connectivity index (χ1) is 8.45. The zero-order valence-corrected chi connectivity index (χ0v) is 10.8. The number of ether oxygens (including phenoxy) is 1. The first kappa shape index (κ1) is 14.4. The maximum Gasteiger partial charge on any atom is 0.332 e. The molecule has 1 unspecified atom stereocenters. The van der Waals surface area contributed by atoms with Crippen molar-refractivity contribution >= 4 is 29.2 Å². The van der Waals surface area contributed by atoms with Crippen LogP contribution in [0.5, 0.6) is 0 Å². The van der Waals surface area contributed by atoms with Crippen LogP contribution in [0.2, 0.25) is 5.15 Å². The first-order valence-corrected chi connectivity index (χ1v) is 5.69. The van der Waals surface area contributed by atoms with Gasteiger partial charge in [-0.1, -0.05) is 11.6 Å². The second-order valence-corrected chi connectivity index (χ2v) is 3.87. The highest BCUT2D eigenvalue weighted by atomic mass is 35.5. The molecule has 0 aromatic carbocycles. The average molecular weight is 272 g/mol. The molecular formula is C11H14ClN3O3. The molecule has 0 spiro atoms. The molecule has 6 nitrogen and oxygen atoms in total. The summed E-state index contributed by atoms with van der Waals surface area (Å²) in [5, 5.41) is 2.81. The van der Waals surface area contributed by atoms with Gasteiger partial charge in [0.15, 0.2) is 6.04 Å². The van der Waals surface area contributed by atoms with Crippen molar-refractivity contribution in [1.29, 1.82) is 0 Å². The van der Waals surface area contributed by atoms with E-state index in [4.69, 9.17) is 17.3 Å². The molecule has 18 heavy (non-hydrogen) atoms. The van der Waals surface area contributed by atoms with Crippen LogP contribution in [-0.4, -0.2) is 29.5 Å². The van der Waals surface area contributed by atoms with Crippen LogP contribution in [0.4, 0.5) is 5.69 Å². The Morgan fingerprint density at radius 1 is 1.56 bits per heavy atom. The second kappa shape index (κ2) is 6.32. The average Bonchev–Trinajstić information content (AvgIpc) is 2.32. The van der Waals surface area contributed by atoms with Crippen molar-refractivity contribution in [2.45, 2.75) is 19.9 Å². The molecule has 1 aromatic rings. The van der Waals surface area contributed by atoms with E-state index in [2.05, 4.69) is 15.0 Å². The van der Waals surface area contributed by atoms with Crippen LogP contribution in [0.25, 0.3) is 0 Å². The van der Waals surface area contributed by atoms with Crippen LogP contribution in [0.1, 0.15) is 12.6 Å². The summed E-state index contributed by atoms with van der Waals surface area (Å²) in [6.07, 6.45) is 0. The Hall–Kier alpha value is -1.66. The monoisotopic (exact) mass is 271 g/mol. The minimum atomic E-state index is -1.36. The minimum Gasteiger partial charge on any atom is -0.464 e. The molecule has 1 rings (SSSR count). The van der Waals surface area contributed by atoms with Gasteiger partial charge < -0.3 is 15.8 Å². The van der Waals surface area contributed by atoms with Crippen LogP contribution in [0.3, 0.4) is 0 Å². The molecule has 7 heteroatoms. The number of carbonyl (C=O) groups excluding carboxylic acids is 2. The molecule has 1 aromatic heterocycles. The Bertz CT molecular complexity index is 465. The summed E-state index contributed by atoms with van der Waals surface area (Å²) in [4.78, 5) is 26.9. The van der Waals surface area contributed by atoms with E-state index < -0.39 is 17.9 Å². The van der Waals surface area contributed by atoms with Crippen LogP contribution < -0.4 is 11.1 Å². The van der Waals surface area contributed by atoms with E-state index in [1.165, 1.54) is 6.07 Å². The zero-order valence-electron chi connectivity index (χ0n) is 10.1. The van der Waals surface area contributed by atoms with Crippen LogP contribution in [0, 0.1) is 6.92 Å². The van der Waals surface area contributed by atoms with Gasteiger partial charge in [-0.25, -0.2) is 9.78 Å². The number of anilines is 1. The Morgan fingerprint density at radius 3 is 2.78 bits per heavy atom. The van der Waals surface area contributed by atoms with E-state index in [9.17, 15) is 9.59 Å². The third kappa shape index (κ3) is 3.68. The number of carbonyl (C=O) groups is 2. The molecule has 3 N–H and O–H groups in total. The molecule has 0 aliphatic rings. The Morgan fingerprint density at radius 2 is 2.22 bits per heavy atom. The van der Waals surface area contributed by atoms with Crippen molar-refractivity contribution in [2.75, 3.05) is 11.9 Å². The van der Waals surface area contributed by atoms with E-state index in [-0.39, 0.29) is 6.61 Å². The van der Waals surface area contributed by atoms with Crippen LogP contribution in [-0.2, 0) is 14.3 Å². The highest BCUT2D eigenvalue weighted by molar-refractivity contribution is 6.29.